The first-order chi connectivity index (χ1) is 22.0. The number of anilines is 1. The Morgan fingerprint density at radius 2 is 2.02 bits per heavy atom. The molecule has 3 saturated heterocycles. The third kappa shape index (κ3) is 6.78. The quantitative estimate of drug-likeness (QED) is 0.0969. The lowest BCUT2D eigenvalue weighted by molar-refractivity contribution is -0.0658. The molecular formula is C28H36ClN8O8P. The average Bonchev–Trinajstić information content (AvgIpc) is 3.71. The molecule has 3 fully saturated rings. The summed E-state index contributed by atoms with van der Waals surface area (Å²) in [5, 5.41) is 30.6. The van der Waals surface area contributed by atoms with Crippen molar-refractivity contribution in [3.63, 3.8) is 0 Å². The Balaban J connectivity index is 1.12. The number of carbonyl (C=O) groups is 1. The number of amides is 1. The Hall–Kier alpha value is -3.13. The van der Waals surface area contributed by atoms with E-state index in [0.717, 1.165) is 32.1 Å². The second kappa shape index (κ2) is 13.2. The van der Waals surface area contributed by atoms with Crippen LogP contribution >= 0.6 is 19.2 Å². The number of likely N-dealkylation sites (tertiary alicyclic amines) is 1. The van der Waals surface area contributed by atoms with Gasteiger partial charge in [-0.3, -0.25) is 14.0 Å². The number of aliphatic hydroxyl groups is 2. The lowest BCUT2D eigenvalue weighted by atomic mass is 9.73. The van der Waals surface area contributed by atoms with Gasteiger partial charge in [0.05, 0.1) is 18.2 Å². The molecule has 3 aliphatic rings. The molecule has 1 amide bonds. The van der Waals surface area contributed by atoms with Crippen LogP contribution in [0, 0.1) is 17.8 Å². The first-order valence-corrected chi connectivity index (χ1v) is 17.2. The van der Waals surface area contributed by atoms with Gasteiger partial charge >= 0.3 is 7.60 Å². The Kier molecular flexibility index (Phi) is 9.39. The normalized spacial score (nSPS) is 24.4. The van der Waals surface area contributed by atoms with Crippen LogP contribution < -0.4 is 4.90 Å². The van der Waals surface area contributed by atoms with Gasteiger partial charge in [0.1, 0.15) is 36.2 Å². The number of ether oxygens (including phenoxy) is 2. The van der Waals surface area contributed by atoms with Crippen molar-refractivity contribution in [1.29, 1.82) is 0 Å². The molecule has 16 nitrogen and oxygen atoms in total. The lowest BCUT2D eigenvalue weighted by Gasteiger charge is -2.55. The van der Waals surface area contributed by atoms with Crippen LogP contribution in [0.3, 0.4) is 0 Å². The van der Waals surface area contributed by atoms with Gasteiger partial charge in [0, 0.05) is 50.8 Å². The molecule has 0 aromatic carbocycles. The minimum atomic E-state index is -4.42. The van der Waals surface area contributed by atoms with Crippen molar-refractivity contribution >= 4 is 42.0 Å². The maximum Gasteiger partial charge on any atom is 0.350 e. The Morgan fingerprint density at radius 3 is 2.78 bits per heavy atom. The summed E-state index contributed by atoms with van der Waals surface area (Å²) in [5.41, 5.74) is 0.582. The first kappa shape index (κ1) is 32.8. The highest BCUT2D eigenvalue weighted by Crippen LogP contribution is 2.43. The van der Waals surface area contributed by atoms with Crippen LogP contribution in [0.25, 0.3) is 11.0 Å². The molecule has 3 aromatic heterocycles. The van der Waals surface area contributed by atoms with Gasteiger partial charge in [-0.05, 0) is 43.4 Å². The van der Waals surface area contributed by atoms with Crippen LogP contribution in [-0.4, -0.2) is 118 Å². The van der Waals surface area contributed by atoms with Crippen molar-refractivity contribution in [3.05, 3.63) is 29.4 Å². The standard InChI is InChI=1S/C28H36ClN8O8P/c1-2-3-4-5-10-36-11-7-19(33-36)25(40)34-9-6-8-28(14-34)15-35(16-28)23-18-12-30-37(24(18)32-27(29)31-23)26-22(39)21(38)20(45-26)13-44-17-46(41,42)43/h1,7,11-12,20-22,26,38-39H,3-6,8-10,13-17H2,(H2,41,42,43)/t20-,21-,22-,26-/m1/s1. The van der Waals surface area contributed by atoms with E-state index in [1.165, 1.54) is 10.9 Å². The van der Waals surface area contributed by atoms with Gasteiger partial charge in [0.25, 0.3) is 5.91 Å². The summed E-state index contributed by atoms with van der Waals surface area (Å²) in [6.07, 6.45) is 7.11. The molecule has 6 rings (SSSR count). The number of aryl methyl sites for hydroxylation is 1. The average molecular weight is 679 g/mol. The number of piperidine rings is 1. The number of aliphatic hydroxyl groups excluding tert-OH is 2. The minimum absolute atomic E-state index is 0.0462. The van der Waals surface area contributed by atoms with Crippen LogP contribution in [-0.2, 0) is 20.6 Å². The second-order valence-corrected chi connectivity index (χ2v) is 14.1. The van der Waals surface area contributed by atoms with Crippen LogP contribution in [0.5, 0.6) is 0 Å². The largest absolute Gasteiger partial charge is 0.387 e. The van der Waals surface area contributed by atoms with Gasteiger partial charge in [-0.1, -0.05) is 0 Å². The van der Waals surface area contributed by atoms with E-state index < -0.39 is 38.5 Å². The van der Waals surface area contributed by atoms with Gasteiger partial charge in [-0.25, -0.2) is 4.68 Å². The highest BCUT2D eigenvalue weighted by Gasteiger charge is 2.49. The van der Waals surface area contributed by atoms with Crippen molar-refractivity contribution in [2.24, 2.45) is 5.41 Å². The minimum Gasteiger partial charge on any atom is -0.387 e. The van der Waals surface area contributed by atoms with Crippen molar-refractivity contribution < 1.29 is 38.8 Å². The van der Waals surface area contributed by atoms with Crippen molar-refractivity contribution in [2.75, 3.05) is 44.0 Å². The molecule has 3 aromatic rings. The Labute approximate surface area is 269 Å². The van der Waals surface area contributed by atoms with Crippen LogP contribution in [0.2, 0.25) is 5.28 Å². The summed E-state index contributed by atoms with van der Waals surface area (Å²) in [4.78, 5) is 44.1. The fraction of sp³-hybridized carbons (Fsp3) is 0.607. The zero-order chi connectivity index (χ0) is 32.6. The summed E-state index contributed by atoms with van der Waals surface area (Å²) < 4.78 is 25.0. The molecule has 6 heterocycles. The number of halogens is 1. The molecule has 46 heavy (non-hydrogen) atoms. The molecule has 0 radical (unpaired) electrons. The molecule has 1 spiro atoms. The summed E-state index contributed by atoms with van der Waals surface area (Å²) in [6.45, 7) is 2.87. The van der Waals surface area contributed by atoms with Gasteiger partial charge in [-0.15, -0.1) is 12.3 Å². The van der Waals surface area contributed by atoms with Crippen LogP contribution in [0.1, 0.15) is 48.8 Å². The molecule has 4 atom stereocenters. The molecule has 0 bridgehead atoms. The van der Waals surface area contributed by atoms with E-state index in [-0.39, 0.29) is 28.9 Å². The maximum absolute atomic E-state index is 13.4. The maximum atomic E-state index is 13.4. The number of fused-ring (bicyclic) bond motifs is 1. The van der Waals surface area contributed by atoms with Gasteiger partial charge in [-0.2, -0.15) is 20.2 Å². The van der Waals surface area contributed by atoms with Gasteiger partial charge in [0.2, 0.25) is 5.28 Å². The number of hydrogen-bond donors (Lipinski definition) is 4. The molecule has 0 unspecified atom stereocenters. The molecule has 4 N–H and O–H groups in total. The van der Waals surface area contributed by atoms with E-state index in [1.807, 2.05) is 11.1 Å². The smallest absolute Gasteiger partial charge is 0.350 e. The fourth-order valence-corrected chi connectivity index (χ4v) is 6.99. The number of terminal acetylenes is 1. The number of carbonyl (C=O) groups excluding carboxylic acids is 1. The highest BCUT2D eigenvalue weighted by molar-refractivity contribution is 7.51. The molecule has 0 aliphatic carbocycles. The first-order valence-electron chi connectivity index (χ1n) is 15.0. The lowest BCUT2D eigenvalue weighted by Crippen LogP contribution is -2.64. The molecular weight excluding hydrogens is 643 g/mol. The van der Waals surface area contributed by atoms with E-state index in [0.29, 0.717) is 49.6 Å². The topological polar surface area (TPSA) is 201 Å². The predicted octanol–water partition coefficient (Wildman–Crippen LogP) is 0.993. The van der Waals surface area contributed by atoms with Crippen LogP contribution in [0.15, 0.2) is 18.5 Å². The van der Waals surface area contributed by atoms with Gasteiger partial charge < -0.3 is 39.3 Å². The molecule has 0 saturated carbocycles. The zero-order valence-corrected chi connectivity index (χ0v) is 26.6. The van der Waals surface area contributed by atoms with Crippen molar-refractivity contribution in [1.82, 2.24) is 34.4 Å². The number of nitrogens with zero attached hydrogens (tertiary/aromatic N) is 8. The van der Waals surface area contributed by atoms with E-state index >= 15 is 0 Å². The van der Waals surface area contributed by atoms with Crippen molar-refractivity contribution in [3.8, 4) is 12.3 Å². The van der Waals surface area contributed by atoms with Crippen LogP contribution in [0.4, 0.5) is 5.82 Å². The number of hydrogen-bond acceptors (Lipinski definition) is 11. The summed E-state index contributed by atoms with van der Waals surface area (Å²) in [5.74, 6) is 3.10. The SMILES string of the molecule is C#CCCCCn1ccc(C(=O)N2CCCC3(C2)CN(c2nc(Cl)nc4c2cnn4[C@@H]2O[C@H](COCP(=O)(O)O)[C@@H](O)[C@H]2O)C3)n1. The van der Waals surface area contributed by atoms with E-state index in [1.54, 1.807) is 10.7 Å². The third-order valence-corrected chi connectivity index (χ3v) is 9.33. The predicted molar refractivity (Wildman–Crippen MR) is 164 cm³/mol. The number of unbranched alkanes of at least 4 members (excludes halogenated alkanes) is 2. The Morgan fingerprint density at radius 1 is 1.22 bits per heavy atom. The van der Waals surface area contributed by atoms with Gasteiger partial charge in [0.15, 0.2) is 11.9 Å². The number of rotatable bonds is 11. The summed E-state index contributed by atoms with van der Waals surface area (Å²) in [7, 11) is -4.42. The fourth-order valence-electron chi connectivity index (χ4n) is 6.48. The third-order valence-electron chi connectivity index (χ3n) is 8.65. The van der Waals surface area contributed by atoms with E-state index in [9.17, 15) is 19.6 Å². The molecule has 18 heteroatoms. The summed E-state index contributed by atoms with van der Waals surface area (Å²) >= 11 is 6.34. The second-order valence-electron chi connectivity index (χ2n) is 12.2. The zero-order valence-electron chi connectivity index (χ0n) is 24.9. The molecule has 3 aliphatic heterocycles. The monoisotopic (exact) mass is 678 g/mol. The van der Waals surface area contributed by atoms with E-state index in [4.69, 9.17) is 37.3 Å². The van der Waals surface area contributed by atoms with E-state index in [2.05, 4.69) is 31.0 Å². The van der Waals surface area contributed by atoms with Crippen molar-refractivity contribution in [2.45, 2.75) is 63.2 Å². The number of aromatic nitrogens is 6. The molecule has 248 valence electrons. The summed E-state index contributed by atoms with van der Waals surface area (Å²) in [6, 6.07) is 1.76. The highest BCUT2D eigenvalue weighted by atomic mass is 35.5. The Bertz CT molecular complexity index is 1670.